The van der Waals surface area contributed by atoms with Gasteiger partial charge >= 0.3 is 0 Å². The number of rotatable bonds is 15. The van der Waals surface area contributed by atoms with Crippen molar-refractivity contribution in [1.29, 1.82) is 0 Å². The van der Waals surface area contributed by atoms with Crippen LogP contribution in [0.2, 0.25) is 0 Å². The van der Waals surface area contributed by atoms with Crippen LogP contribution in [0.3, 0.4) is 0 Å². The van der Waals surface area contributed by atoms with E-state index in [1.54, 1.807) is 41.5 Å². The van der Waals surface area contributed by atoms with Gasteiger partial charge in [-0.1, -0.05) is 119 Å². The number of nitrogens with zero attached hydrogens (tertiary/aromatic N) is 10. The van der Waals surface area contributed by atoms with Crippen molar-refractivity contribution in [2.45, 2.75) is 139 Å². The molecule has 9 rings (SSSR count). The second kappa shape index (κ2) is 34.7. The van der Waals surface area contributed by atoms with Crippen LogP contribution >= 0.6 is 0 Å². The number of fused-ring (bicyclic) bond motifs is 3. The van der Waals surface area contributed by atoms with Gasteiger partial charge in [0.2, 0.25) is 0 Å². The van der Waals surface area contributed by atoms with Crippen molar-refractivity contribution in [3.8, 4) is 0 Å². The fourth-order valence-electron chi connectivity index (χ4n) is 7.04. The standard InChI is InChI=1S/C18H18N3O2.2C17H17N4O2.3C2H6.3Y/c1-12-7-8-13(11-19-12)9-16(22)18(2,23)10-17-20-14-5-3-4-6-15(14)21-17;1-12-7-8-13(10-18-12)9-16(22)17(2,23)11-21-15-6-4-3-5-14(15)19-20-21;1-12-7-8-13(10-18-12)9-16(22)17(2,23)11-21-19-14-5-3-4-6-15(14)20-21;3*1-2;;;/h3-6,8,11,23H,9-10H2,1-2H3,(H,20,21);2*3-6,8,10,23H,9,11H2,1-2H3;3*1-2H3;;;/q3*-1;;;;;;/t18-;2*17-;;;;;;/m000....../s1. The third-order valence-corrected chi connectivity index (χ3v) is 11.2. The van der Waals surface area contributed by atoms with Crippen LogP contribution in [0.4, 0.5) is 0 Å². The minimum absolute atomic E-state index is 0. The summed E-state index contributed by atoms with van der Waals surface area (Å²) in [5.74, 6) is -0.274. The maximum Gasteiger partial charge on any atom is 0.153 e. The van der Waals surface area contributed by atoms with Crippen LogP contribution < -0.4 is 0 Å². The summed E-state index contributed by atoms with van der Waals surface area (Å²) in [6.45, 7) is 22.1. The van der Waals surface area contributed by atoms with Crippen LogP contribution in [0, 0.1) is 39.0 Å². The number of aliphatic hydroxyl groups is 3. The number of hydrogen-bond acceptors (Lipinski definition) is 14. The van der Waals surface area contributed by atoms with Gasteiger partial charge in [0.1, 0.15) is 39.2 Å². The van der Waals surface area contributed by atoms with Crippen molar-refractivity contribution in [2.24, 2.45) is 0 Å². The molecule has 0 aliphatic carbocycles. The minimum Gasteiger partial charge on any atom is -0.382 e. The molecule has 20 heteroatoms. The Morgan fingerprint density at radius 3 is 1.35 bits per heavy atom. The molecule has 3 aromatic carbocycles. The zero-order chi connectivity index (χ0) is 55.3. The number of aryl methyl sites for hydroxylation is 3. The number of aromatic nitrogens is 11. The first kappa shape index (κ1) is 71.6. The van der Waals surface area contributed by atoms with Gasteiger partial charge in [-0.15, -0.1) is 5.10 Å². The van der Waals surface area contributed by atoms with E-state index in [4.69, 9.17) is 0 Å². The summed E-state index contributed by atoms with van der Waals surface area (Å²) in [5, 5.41) is 48.2. The van der Waals surface area contributed by atoms with Crippen molar-refractivity contribution < 1.29 is 128 Å². The minimum atomic E-state index is -1.56. The van der Waals surface area contributed by atoms with E-state index in [1.165, 1.54) is 25.6 Å². The van der Waals surface area contributed by atoms with Crippen LogP contribution in [0.15, 0.2) is 110 Å². The number of Topliss-reactive ketones (excluding diaryl/α,β-unsaturated/α-hetero) is 3. The predicted molar refractivity (Wildman–Crippen MR) is 290 cm³/mol. The number of pyridine rings is 3. The van der Waals surface area contributed by atoms with Crippen LogP contribution in [0.5, 0.6) is 0 Å². The molecule has 0 bridgehead atoms. The molecule has 6 aromatic heterocycles. The topological polar surface area (TPSA) is 241 Å². The average Bonchev–Trinajstić information content (AvgIpc) is 4.14. The molecule has 0 saturated carbocycles. The van der Waals surface area contributed by atoms with Gasteiger partial charge in [-0.3, -0.25) is 14.4 Å². The Morgan fingerprint density at radius 1 is 0.538 bits per heavy atom. The maximum atomic E-state index is 12.4. The monoisotopic (exact) mass is 1280 g/mol. The number of imidazole rings is 1. The van der Waals surface area contributed by atoms with Gasteiger partial charge in [0.15, 0.2) is 17.3 Å². The normalized spacial score (nSPS) is 12.5. The first-order valence-electron chi connectivity index (χ1n) is 25.1. The Bertz CT molecular complexity index is 2990. The molecule has 9 aromatic rings. The van der Waals surface area contributed by atoms with Crippen molar-refractivity contribution in [1.82, 2.24) is 54.9 Å². The number of ketones is 3. The average molecular weight is 1280 g/mol. The Labute approximate surface area is 533 Å². The van der Waals surface area contributed by atoms with E-state index >= 15 is 0 Å². The van der Waals surface area contributed by atoms with Gasteiger partial charge in [0.05, 0.1) is 29.6 Å². The largest absolute Gasteiger partial charge is 0.382 e. The predicted octanol–water partition coefficient (Wildman–Crippen LogP) is 8.24. The number of carbonyl (C=O) groups is 3. The molecule has 4 N–H and O–H groups in total. The number of para-hydroxylation sites is 3. The molecule has 405 valence electrons. The van der Waals surface area contributed by atoms with Crippen LogP contribution in [-0.4, -0.2) is 104 Å². The molecule has 0 aliphatic rings. The molecule has 0 saturated heterocycles. The number of H-pyrrole nitrogens is 1. The third kappa shape index (κ3) is 21.6. The van der Waals surface area contributed by atoms with Gasteiger partial charge in [-0.25, -0.2) is 46.1 Å². The fourth-order valence-corrected chi connectivity index (χ4v) is 7.04. The molecular weight excluding hydrogens is 1210 g/mol. The number of hydrogen-bond donors (Lipinski definition) is 4. The first-order chi connectivity index (χ1) is 35.8. The van der Waals surface area contributed by atoms with Crippen molar-refractivity contribution in [3.63, 3.8) is 0 Å². The van der Waals surface area contributed by atoms with E-state index in [9.17, 15) is 29.7 Å². The fraction of sp³-hybridized carbons (Fsp3) is 0.362. The smallest absolute Gasteiger partial charge is 0.153 e. The van der Waals surface area contributed by atoms with Crippen molar-refractivity contribution >= 4 is 50.4 Å². The van der Waals surface area contributed by atoms with E-state index in [0.717, 1.165) is 66.9 Å². The van der Waals surface area contributed by atoms with Gasteiger partial charge in [-0.2, -0.15) is 31.7 Å². The molecule has 0 spiro atoms. The van der Waals surface area contributed by atoms with Crippen LogP contribution in [0.1, 0.15) is 102 Å². The Kier molecular flexibility index (Phi) is 31.8. The van der Waals surface area contributed by atoms with Gasteiger partial charge in [-0.05, 0) is 97.2 Å². The first-order valence-corrected chi connectivity index (χ1v) is 25.1. The summed E-state index contributed by atoms with van der Waals surface area (Å²) in [7, 11) is 0. The maximum absolute atomic E-state index is 12.4. The summed E-state index contributed by atoms with van der Waals surface area (Å²) < 4.78 is 1.55. The SMILES string of the molecule is CC.CC.CC.Cc1[c-]cc(CC(=O)[C@@](C)(O)Cc2nc3ccccc3[nH]2)cn1.Cc1[c-]cc(CC(=O)[C@@](C)(O)Cn2nc3ccccc3n2)cn1.Cc1[c-]cc(CC(=O)[C@@](C)(O)Cn2nnc3ccccc32)cn1.[Y].[Y].[Y]. The second-order valence-electron chi connectivity index (χ2n) is 17.6. The molecular formula is C58H70N11O6Y3-3. The molecule has 6 heterocycles. The Balaban J connectivity index is 0.000000547. The second-order valence-corrected chi connectivity index (χ2v) is 17.6. The summed E-state index contributed by atoms with van der Waals surface area (Å²) >= 11 is 0. The van der Waals surface area contributed by atoms with E-state index in [-0.39, 0.29) is 154 Å². The summed E-state index contributed by atoms with van der Waals surface area (Å²) in [6, 6.07) is 36.5. The zero-order valence-corrected chi connectivity index (χ0v) is 55.4. The van der Waals surface area contributed by atoms with Crippen molar-refractivity contribution in [2.75, 3.05) is 0 Å². The summed E-state index contributed by atoms with van der Waals surface area (Å²) in [6.07, 6.45) is 5.35. The number of nitrogens with one attached hydrogen (secondary N) is 1. The van der Waals surface area contributed by atoms with Crippen LogP contribution in [0.25, 0.3) is 33.1 Å². The Hall–Kier alpha value is -4.42. The molecule has 0 amide bonds. The third-order valence-electron chi connectivity index (χ3n) is 11.2. The molecule has 17 nitrogen and oxygen atoms in total. The summed E-state index contributed by atoms with van der Waals surface area (Å²) in [5.41, 5.74) is 4.60. The number of carbonyl (C=O) groups excluding carboxylic acids is 3. The number of benzene rings is 3. The Morgan fingerprint density at radius 2 is 0.923 bits per heavy atom. The van der Waals surface area contributed by atoms with E-state index in [1.807, 2.05) is 135 Å². The summed E-state index contributed by atoms with van der Waals surface area (Å²) in [4.78, 5) is 58.5. The quantitative estimate of drug-likeness (QED) is 0.0707. The number of aromatic amines is 1. The van der Waals surface area contributed by atoms with Crippen LogP contribution in [-0.2, 0) is 151 Å². The molecule has 3 radical (unpaired) electrons. The zero-order valence-electron chi connectivity index (χ0n) is 46.9. The van der Waals surface area contributed by atoms with E-state index in [2.05, 4.69) is 63.6 Å². The van der Waals surface area contributed by atoms with Gasteiger partial charge < -0.3 is 35.3 Å². The molecule has 0 unspecified atom stereocenters. The van der Waals surface area contributed by atoms with Gasteiger partial charge in [0.25, 0.3) is 0 Å². The molecule has 78 heavy (non-hydrogen) atoms. The van der Waals surface area contributed by atoms with Gasteiger partial charge in [0, 0.05) is 105 Å². The van der Waals surface area contributed by atoms with E-state index < -0.39 is 16.8 Å². The molecule has 0 fully saturated rings. The van der Waals surface area contributed by atoms with E-state index in [0.29, 0.717) is 5.82 Å². The molecule has 3 atom stereocenters. The van der Waals surface area contributed by atoms with Crippen molar-refractivity contribution in [3.05, 3.63) is 167 Å². The molecule has 0 aliphatic heterocycles.